The van der Waals surface area contributed by atoms with Crippen molar-refractivity contribution in [1.29, 1.82) is 0 Å². The molecule has 0 amide bonds. The minimum Gasteiger partial charge on any atom is -0.462 e. The van der Waals surface area contributed by atoms with Gasteiger partial charge in [-0.15, -0.1) is 0 Å². The zero-order valence-corrected chi connectivity index (χ0v) is 12.2. The van der Waals surface area contributed by atoms with Gasteiger partial charge in [0.2, 0.25) is 0 Å². The Hall–Kier alpha value is -0.230. The number of fused-ring (bicyclic) bond motifs is 1. The molecule has 1 saturated carbocycles. The fourth-order valence-corrected chi connectivity index (χ4v) is 2.26. The zero-order valence-electron chi connectivity index (χ0n) is 9.94. The normalized spacial score (nSPS) is 29.3. The predicted molar refractivity (Wildman–Crippen MR) is 68.2 cm³/mol. The number of hydrogen-bond acceptors (Lipinski definition) is 5. The van der Waals surface area contributed by atoms with E-state index in [1.54, 1.807) is 0 Å². The van der Waals surface area contributed by atoms with Crippen molar-refractivity contribution in [3.05, 3.63) is 0 Å². The number of rotatable bonds is 4. The summed E-state index contributed by atoms with van der Waals surface area (Å²) in [6.45, 7) is -0.176. The fraction of sp³-hybridized carbons (Fsp3) is 0.818. The number of ether oxygens (including phenoxy) is 3. The first-order valence-corrected chi connectivity index (χ1v) is 7.07. The Bertz CT molecular complexity index is 368. The number of hydrogen-bond donors (Lipinski definition) is 0. The van der Waals surface area contributed by atoms with Crippen LogP contribution in [0.3, 0.4) is 0 Å². The Morgan fingerprint density at radius 1 is 1.11 bits per heavy atom. The molecule has 1 aliphatic carbocycles. The Labute approximate surface area is 125 Å². The molecule has 5 nitrogen and oxygen atoms in total. The minimum absolute atomic E-state index is 0.0449. The summed E-state index contributed by atoms with van der Waals surface area (Å²) >= 11 is 15.9. The quantitative estimate of drug-likeness (QED) is 0.341. The number of carbonyl (C=O) groups is 2. The molecular weight excluding hydrogens is 318 g/mol. The van der Waals surface area contributed by atoms with Gasteiger partial charge in [-0.1, -0.05) is 34.8 Å². The van der Waals surface area contributed by atoms with Crippen LogP contribution < -0.4 is 0 Å². The lowest BCUT2D eigenvalue weighted by Crippen LogP contribution is -2.27. The van der Waals surface area contributed by atoms with Crippen LogP contribution in [0.1, 0.15) is 19.3 Å². The van der Waals surface area contributed by atoms with Gasteiger partial charge in [0.05, 0.1) is 18.1 Å². The Kier molecular flexibility index (Phi) is 4.82. The second-order valence-electron chi connectivity index (χ2n) is 4.52. The lowest BCUT2D eigenvalue weighted by molar-refractivity contribution is -0.155. The Balaban J connectivity index is 1.60. The van der Waals surface area contributed by atoms with Crippen molar-refractivity contribution < 1.29 is 23.8 Å². The Morgan fingerprint density at radius 3 is 2.42 bits per heavy atom. The third-order valence-corrected chi connectivity index (χ3v) is 3.59. The third kappa shape index (κ3) is 4.38. The van der Waals surface area contributed by atoms with Gasteiger partial charge in [0.25, 0.3) is 3.79 Å². The molecule has 2 aliphatic rings. The molecule has 0 aromatic carbocycles. The molecule has 1 saturated heterocycles. The highest BCUT2D eigenvalue weighted by Crippen LogP contribution is 2.39. The molecule has 0 spiro atoms. The summed E-state index contributed by atoms with van der Waals surface area (Å²) in [4.78, 5) is 22.8. The largest absolute Gasteiger partial charge is 0.462 e. The molecule has 3 atom stereocenters. The average Bonchev–Trinajstić information content (AvgIpc) is 3.10. The smallest absolute Gasteiger partial charge is 0.358 e. The van der Waals surface area contributed by atoms with E-state index in [4.69, 9.17) is 44.3 Å². The summed E-state index contributed by atoms with van der Waals surface area (Å²) in [6.07, 6.45) is 2.93. The maximum atomic E-state index is 11.7. The molecule has 2 fully saturated rings. The topological polar surface area (TPSA) is 65.1 Å². The number of halogens is 3. The van der Waals surface area contributed by atoms with E-state index >= 15 is 0 Å². The van der Waals surface area contributed by atoms with Gasteiger partial charge in [-0.2, -0.15) is 0 Å². The Morgan fingerprint density at radius 2 is 1.79 bits per heavy atom. The van der Waals surface area contributed by atoms with Gasteiger partial charge in [0, 0.05) is 0 Å². The molecule has 19 heavy (non-hydrogen) atoms. The third-order valence-electron chi connectivity index (χ3n) is 3.13. The van der Waals surface area contributed by atoms with Crippen molar-refractivity contribution in [2.24, 2.45) is 5.92 Å². The van der Waals surface area contributed by atoms with E-state index in [1.807, 2.05) is 0 Å². The molecule has 0 bridgehead atoms. The van der Waals surface area contributed by atoms with Gasteiger partial charge in [-0.3, -0.25) is 4.79 Å². The van der Waals surface area contributed by atoms with Crippen molar-refractivity contribution in [3.63, 3.8) is 0 Å². The maximum absolute atomic E-state index is 11.7. The summed E-state index contributed by atoms with van der Waals surface area (Å²) in [5.74, 6) is -1.41. The van der Waals surface area contributed by atoms with E-state index in [9.17, 15) is 9.59 Å². The molecule has 0 aromatic heterocycles. The molecule has 0 N–H and O–H groups in total. The van der Waals surface area contributed by atoms with Crippen LogP contribution in [0, 0.1) is 5.92 Å². The molecule has 0 aromatic rings. The molecule has 2 rings (SSSR count). The van der Waals surface area contributed by atoms with Crippen LogP contribution in [-0.4, -0.2) is 41.2 Å². The number of esters is 2. The summed E-state index contributed by atoms with van der Waals surface area (Å²) < 4.78 is 12.9. The first kappa shape index (κ1) is 15.2. The highest BCUT2D eigenvalue weighted by atomic mass is 35.6. The van der Waals surface area contributed by atoms with Gasteiger partial charge in [-0.05, 0) is 19.3 Å². The van der Waals surface area contributed by atoms with Crippen molar-refractivity contribution in [3.8, 4) is 0 Å². The molecule has 1 heterocycles. The van der Waals surface area contributed by atoms with E-state index < -0.39 is 9.76 Å². The fourth-order valence-electron chi connectivity index (χ4n) is 2.09. The molecule has 108 valence electrons. The van der Waals surface area contributed by atoms with Gasteiger partial charge in [0.1, 0.15) is 13.2 Å². The van der Waals surface area contributed by atoms with Crippen LogP contribution >= 0.6 is 34.8 Å². The van der Waals surface area contributed by atoms with Crippen LogP contribution in [0.5, 0.6) is 0 Å². The van der Waals surface area contributed by atoms with E-state index in [-0.39, 0.29) is 31.2 Å². The van der Waals surface area contributed by atoms with E-state index in [0.29, 0.717) is 12.5 Å². The van der Waals surface area contributed by atoms with Crippen LogP contribution in [0.4, 0.5) is 0 Å². The lowest BCUT2D eigenvalue weighted by atomic mass is 9.89. The number of carbonyl (C=O) groups excluding carboxylic acids is 2. The van der Waals surface area contributed by atoms with Gasteiger partial charge >= 0.3 is 11.9 Å². The first-order valence-electron chi connectivity index (χ1n) is 5.94. The highest BCUT2D eigenvalue weighted by Gasteiger charge is 2.46. The standard InChI is InChI=1S/C11H13Cl3O5/c12-11(13,14)10(16)18-4-3-17-9(15)6-1-2-7-8(5-6)19-7/h6-8H,1-5H2. The minimum atomic E-state index is -2.11. The molecular formula is C11H13Cl3O5. The highest BCUT2D eigenvalue weighted by molar-refractivity contribution is 6.75. The van der Waals surface area contributed by atoms with E-state index in [2.05, 4.69) is 4.74 Å². The second kappa shape index (κ2) is 6.04. The van der Waals surface area contributed by atoms with Gasteiger partial charge in [-0.25, -0.2) is 4.79 Å². The van der Waals surface area contributed by atoms with E-state index in [0.717, 1.165) is 12.8 Å². The molecule has 1 aliphatic heterocycles. The average molecular weight is 332 g/mol. The van der Waals surface area contributed by atoms with Crippen molar-refractivity contribution in [2.45, 2.75) is 35.3 Å². The SMILES string of the molecule is O=C(OCCOC(=O)C(Cl)(Cl)Cl)C1CCC2OC2C1. The van der Waals surface area contributed by atoms with Gasteiger partial charge in [0.15, 0.2) is 0 Å². The van der Waals surface area contributed by atoms with Crippen molar-refractivity contribution in [1.82, 2.24) is 0 Å². The summed E-state index contributed by atoms with van der Waals surface area (Å²) in [5.41, 5.74) is 0. The molecule has 0 radical (unpaired) electrons. The van der Waals surface area contributed by atoms with E-state index in [1.165, 1.54) is 0 Å². The van der Waals surface area contributed by atoms with Crippen LogP contribution in [-0.2, 0) is 23.8 Å². The summed E-state index contributed by atoms with van der Waals surface area (Å²) in [7, 11) is 0. The first-order chi connectivity index (χ1) is 8.88. The van der Waals surface area contributed by atoms with Crippen LogP contribution in [0.25, 0.3) is 0 Å². The predicted octanol–water partition coefficient (Wildman–Crippen LogP) is 2.01. The zero-order chi connectivity index (χ0) is 14.0. The summed E-state index contributed by atoms with van der Waals surface area (Å²) in [6, 6.07) is 0. The monoisotopic (exact) mass is 330 g/mol. The number of epoxide rings is 1. The number of alkyl halides is 3. The molecule has 8 heteroatoms. The summed E-state index contributed by atoms with van der Waals surface area (Å²) in [5, 5.41) is 0. The van der Waals surface area contributed by atoms with Crippen LogP contribution in [0.15, 0.2) is 0 Å². The second-order valence-corrected chi connectivity index (χ2v) is 6.81. The van der Waals surface area contributed by atoms with Crippen molar-refractivity contribution in [2.75, 3.05) is 13.2 Å². The van der Waals surface area contributed by atoms with Crippen molar-refractivity contribution >= 4 is 46.7 Å². The lowest BCUT2D eigenvalue weighted by Gasteiger charge is -2.17. The van der Waals surface area contributed by atoms with Gasteiger partial charge < -0.3 is 14.2 Å². The van der Waals surface area contributed by atoms with Crippen LogP contribution in [0.2, 0.25) is 0 Å². The molecule has 3 unspecified atom stereocenters. The maximum Gasteiger partial charge on any atom is 0.358 e.